The molecule has 0 bridgehead atoms. The van der Waals surface area contributed by atoms with Gasteiger partial charge in [0.1, 0.15) is 0 Å². The van der Waals surface area contributed by atoms with Gasteiger partial charge < -0.3 is 15.1 Å². The first-order chi connectivity index (χ1) is 11.0. The summed E-state index contributed by atoms with van der Waals surface area (Å²) in [7, 11) is 5.82. The molecule has 0 aliphatic heterocycles. The smallest absolute Gasteiger partial charge is 0.317 e. The van der Waals surface area contributed by atoms with Crippen LogP contribution in [0, 0.1) is 0 Å². The molecule has 2 amide bonds. The summed E-state index contributed by atoms with van der Waals surface area (Å²) in [6.07, 6.45) is 0. The fourth-order valence-corrected chi connectivity index (χ4v) is 3.48. The molecule has 0 saturated heterocycles. The van der Waals surface area contributed by atoms with Gasteiger partial charge in [-0.05, 0) is 31.8 Å². The highest BCUT2D eigenvalue weighted by Gasteiger charge is 2.16. The fourth-order valence-electron chi connectivity index (χ4n) is 2.33. The lowest BCUT2D eigenvalue weighted by atomic mass is 10.1. The molecule has 124 valence electrons. The van der Waals surface area contributed by atoms with Crippen LogP contribution >= 0.6 is 22.9 Å². The second kappa shape index (κ2) is 8.34. The average Bonchev–Trinajstić information content (AvgIpc) is 2.93. The molecule has 2 rings (SSSR count). The van der Waals surface area contributed by atoms with E-state index < -0.39 is 0 Å². The van der Waals surface area contributed by atoms with E-state index in [9.17, 15) is 4.79 Å². The molecule has 0 aliphatic carbocycles. The number of carbonyl (C=O) groups excluding carboxylic acids is 1. The van der Waals surface area contributed by atoms with Gasteiger partial charge in [0.05, 0.1) is 16.9 Å². The Morgan fingerprint density at radius 3 is 2.43 bits per heavy atom. The molecule has 0 spiro atoms. The Morgan fingerprint density at radius 1 is 1.17 bits per heavy atom. The van der Waals surface area contributed by atoms with Gasteiger partial charge in [0, 0.05) is 18.5 Å². The van der Waals surface area contributed by atoms with E-state index in [1.807, 2.05) is 44.4 Å². The Bertz CT molecular complexity index is 630. The third-order valence-electron chi connectivity index (χ3n) is 3.62. The Labute approximate surface area is 146 Å². The van der Waals surface area contributed by atoms with Crippen LogP contribution in [0.2, 0.25) is 4.34 Å². The van der Waals surface area contributed by atoms with Crippen LogP contribution in [0.1, 0.15) is 16.5 Å². The van der Waals surface area contributed by atoms with Crippen molar-refractivity contribution in [3.63, 3.8) is 0 Å². The first-order valence-corrected chi connectivity index (χ1v) is 8.61. The van der Waals surface area contributed by atoms with Crippen LogP contribution < -0.4 is 5.32 Å². The Hall–Kier alpha value is -1.56. The molecular weight excluding hydrogens is 330 g/mol. The molecule has 2 aromatic rings. The summed E-state index contributed by atoms with van der Waals surface area (Å²) >= 11 is 7.42. The quantitative estimate of drug-likeness (QED) is 0.858. The van der Waals surface area contributed by atoms with E-state index in [-0.39, 0.29) is 12.1 Å². The molecule has 0 radical (unpaired) electrons. The number of carbonyl (C=O) groups is 1. The molecule has 6 heteroatoms. The van der Waals surface area contributed by atoms with Crippen LogP contribution in [-0.4, -0.2) is 43.5 Å². The molecule has 1 aromatic carbocycles. The van der Waals surface area contributed by atoms with Gasteiger partial charge in [-0.25, -0.2) is 4.79 Å². The molecule has 1 unspecified atom stereocenters. The van der Waals surface area contributed by atoms with E-state index in [4.69, 9.17) is 11.6 Å². The summed E-state index contributed by atoms with van der Waals surface area (Å²) in [5, 5.41) is 3.01. The van der Waals surface area contributed by atoms with E-state index in [1.165, 1.54) is 16.9 Å². The molecule has 0 aliphatic rings. The highest BCUT2D eigenvalue weighted by molar-refractivity contribution is 7.16. The topological polar surface area (TPSA) is 35.6 Å². The minimum absolute atomic E-state index is 0.0858. The lowest BCUT2D eigenvalue weighted by Gasteiger charge is -2.26. The first kappa shape index (κ1) is 17.8. The molecule has 4 nitrogen and oxygen atoms in total. The van der Waals surface area contributed by atoms with E-state index in [0.29, 0.717) is 13.1 Å². The molecule has 0 saturated carbocycles. The first-order valence-electron chi connectivity index (χ1n) is 7.42. The van der Waals surface area contributed by atoms with Gasteiger partial charge >= 0.3 is 6.03 Å². The largest absolute Gasteiger partial charge is 0.336 e. The van der Waals surface area contributed by atoms with Crippen molar-refractivity contribution in [1.82, 2.24) is 15.1 Å². The minimum atomic E-state index is -0.0858. The van der Waals surface area contributed by atoms with Crippen LogP contribution in [0.4, 0.5) is 4.79 Å². The van der Waals surface area contributed by atoms with Crippen LogP contribution in [-0.2, 0) is 6.54 Å². The van der Waals surface area contributed by atoms with Gasteiger partial charge in [0.25, 0.3) is 0 Å². The third kappa shape index (κ3) is 5.23. The van der Waals surface area contributed by atoms with Crippen molar-refractivity contribution < 1.29 is 4.79 Å². The van der Waals surface area contributed by atoms with Crippen molar-refractivity contribution in [3.8, 4) is 0 Å². The van der Waals surface area contributed by atoms with Gasteiger partial charge in [-0.1, -0.05) is 41.9 Å². The molecule has 1 heterocycles. The van der Waals surface area contributed by atoms with E-state index in [2.05, 4.69) is 22.3 Å². The average molecular weight is 352 g/mol. The van der Waals surface area contributed by atoms with Crippen molar-refractivity contribution in [3.05, 3.63) is 57.2 Å². The highest BCUT2D eigenvalue weighted by atomic mass is 35.5. The molecule has 23 heavy (non-hydrogen) atoms. The number of hydrogen-bond acceptors (Lipinski definition) is 3. The zero-order valence-corrected chi connectivity index (χ0v) is 15.2. The summed E-state index contributed by atoms with van der Waals surface area (Å²) in [5.74, 6) is 0. The van der Waals surface area contributed by atoms with Crippen LogP contribution in [0.15, 0.2) is 42.5 Å². The van der Waals surface area contributed by atoms with Crippen molar-refractivity contribution in [2.45, 2.75) is 12.6 Å². The lowest BCUT2D eigenvalue weighted by Crippen LogP contribution is -2.41. The predicted octanol–water partition coefficient (Wildman–Crippen LogP) is 3.85. The molecule has 1 aromatic heterocycles. The lowest BCUT2D eigenvalue weighted by molar-refractivity contribution is 0.201. The van der Waals surface area contributed by atoms with Crippen molar-refractivity contribution in [2.75, 3.05) is 27.7 Å². The summed E-state index contributed by atoms with van der Waals surface area (Å²) in [6, 6.07) is 14.0. The third-order valence-corrected chi connectivity index (χ3v) is 4.84. The zero-order chi connectivity index (χ0) is 16.8. The maximum Gasteiger partial charge on any atom is 0.317 e. The summed E-state index contributed by atoms with van der Waals surface area (Å²) < 4.78 is 0.741. The monoisotopic (exact) mass is 351 g/mol. The normalized spacial score (nSPS) is 12.2. The minimum Gasteiger partial charge on any atom is -0.336 e. The number of urea groups is 1. The molecule has 0 fully saturated rings. The van der Waals surface area contributed by atoms with E-state index in [1.54, 1.807) is 11.9 Å². The maximum absolute atomic E-state index is 12.3. The highest BCUT2D eigenvalue weighted by Crippen LogP contribution is 2.22. The Balaban J connectivity index is 1.91. The Morgan fingerprint density at radius 2 is 1.87 bits per heavy atom. The second-order valence-electron chi connectivity index (χ2n) is 5.64. The maximum atomic E-state index is 12.3. The summed E-state index contributed by atoms with van der Waals surface area (Å²) in [5.41, 5.74) is 1.19. The number of amides is 2. The number of likely N-dealkylation sites (N-methyl/N-ethyl adjacent to an activating group) is 1. The number of rotatable bonds is 6. The van der Waals surface area contributed by atoms with Gasteiger partial charge in [-0.15, -0.1) is 11.3 Å². The predicted molar refractivity (Wildman–Crippen MR) is 97.1 cm³/mol. The zero-order valence-electron chi connectivity index (χ0n) is 13.6. The number of nitrogens with one attached hydrogen (secondary N) is 1. The number of hydrogen-bond donors (Lipinski definition) is 1. The SMILES string of the molecule is CN(Cc1ccc(Cl)s1)C(=O)NCC(c1ccccc1)N(C)C. The van der Waals surface area contributed by atoms with E-state index >= 15 is 0 Å². The second-order valence-corrected chi connectivity index (χ2v) is 7.44. The number of halogens is 1. The summed E-state index contributed by atoms with van der Waals surface area (Å²) in [6.45, 7) is 1.12. The van der Waals surface area contributed by atoms with Crippen molar-refractivity contribution >= 4 is 29.0 Å². The van der Waals surface area contributed by atoms with Crippen molar-refractivity contribution in [2.24, 2.45) is 0 Å². The number of thiophene rings is 1. The summed E-state index contributed by atoms with van der Waals surface area (Å²) in [4.78, 5) is 17.1. The fraction of sp³-hybridized carbons (Fsp3) is 0.353. The van der Waals surface area contributed by atoms with Gasteiger partial charge in [-0.3, -0.25) is 0 Å². The molecular formula is C17H22ClN3OS. The van der Waals surface area contributed by atoms with Crippen LogP contribution in [0.3, 0.4) is 0 Å². The van der Waals surface area contributed by atoms with E-state index in [0.717, 1.165) is 9.21 Å². The standard InChI is InChI=1S/C17H22ClN3OS/c1-20(2)15(13-7-5-4-6-8-13)11-19-17(22)21(3)12-14-9-10-16(18)23-14/h4-10,15H,11-12H2,1-3H3,(H,19,22). The van der Waals surface area contributed by atoms with Gasteiger partial charge in [-0.2, -0.15) is 0 Å². The van der Waals surface area contributed by atoms with Gasteiger partial charge in [0.15, 0.2) is 0 Å². The molecule has 1 atom stereocenters. The Kier molecular flexibility index (Phi) is 6.45. The molecule has 1 N–H and O–H groups in total. The van der Waals surface area contributed by atoms with Crippen LogP contribution in [0.25, 0.3) is 0 Å². The number of nitrogens with zero attached hydrogens (tertiary/aromatic N) is 2. The number of benzene rings is 1. The van der Waals surface area contributed by atoms with Crippen molar-refractivity contribution in [1.29, 1.82) is 0 Å². The van der Waals surface area contributed by atoms with Crippen LogP contribution in [0.5, 0.6) is 0 Å². The van der Waals surface area contributed by atoms with Gasteiger partial charge in [0.2, 0.25) is 0 Å².